The third kappa shape index (κ3) is 8.89. The Labute approximate surface area is 94.4 Å². The molecule has 86 valence electrons. The van der Waals surface area contributed by atoms with Gasteiger partial charge in [0.15, 0.2) is 0 Å². The zero-order valence-corrected chi connectivity index (χ0v) is 11.3. The molecule has 0 rings (SSSR count). The van der Waals surface area contributed by atoms with Crippen molar-refractivity contribution in [2.24, 2.45) is 5.92 Å². The quantitative estimate of drug-likeness (QED) is 0.624. The molecule has 0 heterocycles. The van der Waals surface area contributed by atoms with Gasteiger partial charge in [0.25, 0.3) is 0 Å². The van der Waals surface area contributed by atoms with Crippen LogP contribution >= 0.6 is 11.8 Å². The fourth-order valence-corrected chi connectivity index (χ4v) is 2.56. The van der Waals surface area contributed by atoms with Crippen LogP contribution in [0, 0.1) is 5.92 Å². The molecule has 0 fully saturated rings. The van der Waals surface area contributed by atoms with Crippen LogP contribution in [-0.4, -0.2) is 23.6 Å². The van der Waals surface area contributed by atoms with Gasteiger partial charge in [0.1, 0.15) is 0 Å². The predicted molar refractivity (Wildman–Crippen MR) is 69.1 cm³/mol. The molecule has 1 nitrogen and oxygen atoms in total. The van der Waals surface area contributed by atoms with Crippen molar-refractivity contribution in [1.82, 2.24) is 5.32 Å². The van der Waals surface area contributed by atoms with Gasteiger partial charge >= 0.3 is 0 Å². The number of nitrogens with one attached hydrogen (secondary N) is 1. The van der Waals surface area contributed by atoms with Crippen molar-refractivity contribution in [3.05, 3.63) is 0 Å². The summed E-state index contributed by atoms with van der Waals surface area (Å²) in [5, 5.41) is 3.66. The lowest BCUT2D eigenvalue weighted by Crippen LogP contribution is -2.35. The highest BCUT2D eigenvalue weighted by molar-refractivity contribution is 7.99. The summed E-state index contributed by atoms with van der Waals surface area (Å²) < 4.78 is 0. The predicted octanol–water partition coefficient (Wildman–Crippen LogP) is 3.54. The summed E-state index contributed by atoms with van der Waals surface area (Å²) in [6.07, 6.45) is 2.58. The maximum absolute atomic E-state index is 3.66. The van der Waals surface area contributed by atoms with Crippen LogP contribution in [0.3, 0.4) is 0 Å². The smallest absolute Gasteiger partial charge is 0.00490 e. The van der Waals surface area contributed by atoms with E-state index in [0.29, 0.717) is 12.1 Å². The lowest BCUT2D eigenvalue weighted by atomic mass is 10.0. The molecule has 0 aromatic carbocycles. The average molecular weight is 217 g/mol. The molecule has 0 amide bonds. The van der Waals surface area contributed by atoms with Gasteiger partial charge in [-0.25, -0.2) is 0 Å². The second-order valence-electron chi connectivity index (χ2n) is 4.58. The van der Waals surface area contributed by atoms with E-state index in [1.165, 1.54) is 24.3 Å². The molecule has 1 N–H and O–H groups in total. The van der Waals surface area contributed by atoms with Gasteiger partial charge in [-0.1, -0.05) is 20.8 Å². The summed E-state index contributed by atoms with van der Waals surface area (Å²) in [5.74, 6) is 3.34. The second kappa shape index (κ2) is 8.60. The minimum Gasteiger partial charge on any atom is -0.312 e. The first-order chi connectivity index (χ1) is 6.56. The summed E-state index contributed by atoms with van der Waals surface area (Å²) in [6.45, 7) is 11.4. The molecule has 0 saturated heterocycles. The Bertz CT molecular complexity index is 125. The molecule has 0 aliphatic carbocycles. The fourth-order valence-electron chi connectivity index (χ4n) is 1.75. The highest BCUT2D eigenvalue weighted by atomic mass is 32.2. The van der Waals surface area contributed by atoms with Crippen molar-refractivity contribution in [2.45, 2.75) is 59.5 Å². The van der Waals surface area contributed by atoms with Crippen molar-refractivity contribution in [3.63, 3.8) is 0 Å². The maximum Gasteiger partial charge on any atom is 0.00490 e. The summed E-state index contributed by atoms with van der Waals surface area (Å²) in [4.78, 5) is 0. The Morgan fingerprint density at radius 2 is 1.71 bits per heavy atom. The van der Waals surface area contributed by atoms with E-state index in [-0.39, 0.29) is 0 Å². The van der Waals surface area contributed by atoms with E-state index in [0.717, 1.165) is 5.92 Å². The number of hydrogen-bond donors (Lipinski definition) is 1. The number of thioether (sulfide) groups is 1. The van der Waals surface area contributed by atoms with Crippen molar-refractivity contribution in [3.8, 4) is 0 Å². The van der Waals surface area contributed by atoms with Crippen LogP contribution in [0.4, 0.5) is 0 Å². The first-order valence-electron chi connectivity index (χ1n) is 5.90. The van der Waals surface area contributed by atoms with E-state index in [9.17, 15) is 0 Å². The Hall–Kier alpha value is 0.310. The third-order valence-electron chi connectivity index (χ3n) is 2.29. The lowest BCUT2D eigenvalue weighted by Gasteiger charge is -2.21. The van der Waals surface area contributed by atoms with E-state index in [1.54, 1.807) is 0 Å². The summed E-state index contributed by atoms with van der Waals surface area (Å²) in [5.41, 5.74) is 0. The normalized spacial score (nSPS) is 15.9. The molecule has 2 heteroatoms. The summed E-state index contributed by atoms with van der Waals surface area (Å²) in [6, 6.07) is 1.33. The van der Waals surface area contributed by atoms with Crippen LogP contribution in [0.1, 0.15) is 47.5 Å². The molecule has 2 atom stereocenters. The van der Waals surface area contributed by atoms with Crippen LogP contribution in [0.25, 0.3) is 0 Å². The topological polar surface area (TPSA) is 12.0 Å². The SMILES string of the molecule is CCSCCC(C)NC(C)CC(C)C. The monoisotopic (exact) mass is 217 g/mol. The highest BCUT2D eigenvalue weighted by Gasteiger charge is 2.08. The minimum atomic E-state index is 0.664. The lowest BCUT2D eigenvalue weighted by molar-refractivity contribution is 0.397. The molecule has 0 saturated carbocycles. The first kappa shape index (κ1) is 14.3. The molecule has 0 aliphatic rings. The van der Waals surface area contributed by atoms with Crippen molar-refractivity contribution in [2.75, 3.05) is 11.5 Å². The summed E-state index contributed by atoms with van der Waals surface area (Å²) in [7, 11) is 0. The standard InChI is InChI=1S/C12H27NS/c1-6-14-8-7-11(4)13-12(5)9-10(2)3/h10-13H,6-9H2,1-5H3. The van der Waals surface area contributed by atoms with Gasteiger partial charge < -0.3 is 5.32 Å². The van der Waals surface area contributed by atoms with E-state index in [2.05, 4.69) is 39.9 Å². The Kier molecular flexibility index (Phi) is 8.80. The van der Waals surface area contributed by atoms with Gasteiger partial charge in [0, 0.05) is 12.1 Å². The van der Waals surface area contributed by atoms with Crippen LogP contribution in [0.5, 0.6) is 0 Å². The number of hydrogen-bond acceptors (Lipinski definition) is 2. The van der Waals surface area contributed by atoms with Crippen LogP contribution in [-0.2, 0) is 0 Å². The zero-order valence-electron chi connectivity index (χ0n) is 10.5. The van der Waals surface area contributed by atoms with E-state index in [1.807, 2.05) is 11.8 Å². The molecule has 2 unspecified atom stereocenters. The molecule has 0 aliphatic heterocycles. The Morgan fingerprint density at radius 1 is 1.07 bits per heavy atom. The van der Waals surface area contributed by atoms with Gasteiger partial charge in [-0.3, -0.25) is 0 Å². The van der Waals surface area contributed by atoms with Gasteiger partial charge in [-0.15, -0.1) is 0 Å². The van der Waals surface area contributed by atoms with E-state index in [4.69, 9.17) is 0 Å². The van der Waals surface area contributed by atoms with Crippen LogP contribution < -0.4 is 5.32 Å². The summed E-state index contributed by atoms with van der Waals surface area (Å²) >= 11 is 2.04. The number of rotatable bonds is 8. The second-order valence-corrected chi connectivity index (χ2v) is 5.98. The van der Waals surface area contributed by atoms with Crippen LogP contribution in [0.2, 0.25) is 0 Å². The van der Waals surface area contributed by atoms with Gasteiger partial charge in [0.05, 0.1) is 0 Å². The van der Waals surface area contributed by atoms with Crippen LogP contribution in [0.15, 0.2) is 0 Å². The third-order valence-corrected chi connectivity index (χ3v) is 3.23. The molecule has 0 aromatic rings. The van der Waals surface area contributed by atoms with Gasteiger partial charge in [-0.2, -0.15) is 11.8 Å². The molecule has 0 spiro atoms. The van der Waals surface area contributed by atoms with E-state index < -0.39 is 0 Å². The molecule has 0 radical (unpaired) electrons. The van der Waals surface area contributed by atoms with E-state index >= 15 is 0 Å². The Morgan fingerprint density at radius 3 is 2.21 bits per heavy atom. The average Bonchev–Trinajstić information content (AvgIpc) is 2.02. The highest BCUT2D eigenvalue weighted by Crippen LogP contribution is 2.08. The van der Waals surface area contributed by atoms with Gasteiger partial charge in [-0.05, 0) is 44.1 Å². The zero-order chi connectivity index (χ0) is 11.0. The van der Waals surface area contributed by atoms with Crippen molar-refractivity contribution >= 4 is 11.8 Å². The Balaban J connectivity index is 3.44. The molecule has 0 aromatic heterocycles. The first-order valence-corrected chi connectivity index (χ1v) is 7.05. The largest absolute Gasteiger partial charge is 0.312 e. The molecule has 0 bridgehead atoms. The molecular formula is C12H27NS. The van der Waals surface area contributed by atoms with Crippen molar-refractivity contribution in [1.29, 1.82) is 0 Å². The molecule has 14 heavy (non-hydrogen) atoms. The molecular weight excluding hydrogens is 190 g/mol. The fraction of sp³-hybridized carbons (Fsp3) is 1.00. The van der Waals surface area contributed by atoms with Crippen molar-refractivity contribution < 1.29 is 0 Å². The minimum absolute atomic E-state index is 0.664. The maximum atomic E-state index is 3.66. The van der Waals surface area contributed by atoms with Gasteiger partial charge in [0.2, 0.25) is 0 Å².